The quantitative estimate of drug-likeness (QED) is 0.394. The van der Waals surface area contributed by atoms with Crippen molar-refractivity contribution in [1.29, 1.82) is 0 Å². The highest BCUT2D eigenvalue weighted by molar-refractivity contribution is 6.50. The third kappa shape index (κ3) is 2.82. The number of hydrogen-bond donors (Lipinski definition) is 0. The maximum absolute atomic E-state index is 5.84. The Morgan fingerprint density at radius 3 is 2.70 bits per heavy atom. The summed E-state index contributed by atoms with van der Waals surface area (Å²) in [6.07, 6.45) is 5.25. The Kier molecular flexibility index (Phi) is 2.89. The largest absolute Gasteiger partial charge is 0.177 e. The van der Waals surface area contributed by atoms with Crippen LogP contribution in [0.5, 0.6) is 0 Å². The number of halogens is 2. The lowest BCUT2D eigenvalue weighted by Gasteiger charge is -2.13. The van der Waals surface area contributed by atoms with Gasteiger partial charge in [-0.3, -0.25) is 0 Å². The zero-order chi connectivity index (χ0) is 7.45. The summed E-state index contributed by atoms with van der Waals surface area (Å²) in [5.74, 6) is 5.81. The lowest BCUT2D eigenvalue weighted by atomic mass is 10.1. The molecule has 0 fully saturated rings. The Labute approximate surface area is 71.9 Å². The van der Waals surface area contributed by atoms with Crippen LogP contribution in [0.15, 0.2) is 0 Å². The van der Waals surface area contributed by atoms with Crippen LogP contribution in [0.3, 0.4) is 0 Å². The van der Waals surface area contributed by atoms with Crippen molar-refractivity contribution >= 4 is 23.2 Å². The Bertz CT molecular complexity index is 162. The van der Waals surface area contributed by atoms with Crippen molar-refractivity contribution in [2.24, 2.45) is 0 Å². The predicted octanol–water partition coefficient (Wildman–Crippen LogP) is 3.13. The highest BCUT2D eigenvalue weighted by atomic mass is 35.5. The van der Waals surface area contributed by atoms with Gasteiger partial charge in [0.05, 0.1) is 0 Å². The van der Waals surface area contributed by atoms with Gasteiger partial charge in [-0.2, -0.15) is 0 Å². The van der Waals surface area contributed by atoms with Gasteiger partial charge >= 0.3 is 0 Å². The van der Waals surface area contributed by atoms with E-state index in [4.69, 9.17) is 23.2 Å². The van der Waals surface area contributed by atoms with Crippen molar-refractivity contribution in [3.63, 3.8) is 0 Å². The van der Waals surface area contributed by atoms with E-state index in [0.29, 0.717) is 0 Å². The number of alkyl halides is 2. The molecule has 10 heavy (non-hydrogen) atoms. The molecule has 0 heterocycles. The van der Waals surface area contributed by atoms with Crippen LogP contribution in [-0.4, -0.2) is 4.33 Å². The molecular weight excluding hydrogens is 167 g/mol. The Morgan fingerprint density at radius 2 is 1.90 bits per heavy atom. The van der Waals surface area contributed by atoms with Crippen molar-refractivity contribution in [2.45, 2.75) is 36.4 Å². The lowest BCUT2D eigenvalue weighted by molar-refractivity contribution is 0.638. The zero-order valence-corrected chi connectivity index (χ0v) is 7.30. The van der Waals surface area contributed by atoms with Crippen molar-refractivity contribution in [3.05, 3.63) is 0 Å². The van der Waals surface area contributed by atoms with Gasteiger partial charge in [-0.25, -0.2) is 0 Å². The Balaban J connectivity index is 2.56. The first-order valence-electron chi connectivity index (χ1n) is 3.59. The van der Waals surface area contributed by atoms with Gasteiger partial charge in [0.1, 0.15) is 0 Å². The fraction of sp³-hybridized carbons (Fsp3) is 0.750. The molecule has 0 aromatic rings. The minimum absolute atomic E-state index is 0.763. The highest BCUT2D eigenvalue weighted by Crippen LogP contribution is 2.28. The van der Waals surface area contributed by atoms with Crippen LogP contribution in [0.2, 0.25) is 0 Å². The van der Waals surface area contributed by atoms with Crippen LogP contribution >= 0.6 is 23.2 Å². The van der Waals surface area contributed by atoms with E-state index >= 15 is 0 Å². The van der Waals surface area contributed by atoms with Gasteiger partial charge in [0, 0.05) is 6.42 Å². The third-order valence-corrected chi connectivity index (χ3v) is 2.13. The standard InChI is InChI=1S/C8H10Cl2/c9-8(10)6-4-2-1-3-5-7-8/h1-4,6H2. The molecule has 0 aromatic carbocycles. The van der Waals surface area contributed by atoms with Crippen LogP contribution in [0.4, 0.5) is 0 Å². The van der Waals surface area contributed by atoms with Gasteiger partial charge < -0.3 is 0 Å². The monoisotopic (exact) mass is 176 g/mol. The molecule has 0 atom stereocenters. The van der Waals surface area contributed by atoms with Gasteiger partial charge in [0.25, 0.3) is 0 Å². The topological polar surface area (TPSA) is 0 Å². The van der Waals surface area contributed by atoms with Crippen molar-refractivity contribution in [3.8, 4) is 11.8 Å². The second kappa shape index (κ2) is 3.51. The van der Waals surface area contributed by atoms with Gasteiger partial charge in [-0.05, 0) is 19.3 Å². The van der Waals surface area contributed by atoms with Crippen LogP contribution in [-0.2, 0) is 0 Å². The van der Waals surface area contributed by atoms with Gasteiger partial charge in [0.2, 0.25) is 0 Å². The summed E-state index contributed by atoms with van der Waals surface area (Å²) in [6.45, 7) is 0. The Hall–Kier alpha value is 0.140. The zero-order valence-electron chi connectivity index (χ0n) is 5.79. The van der Waals surface area contributed by atoms with E-state index in [2.05, 4.69) is 11.8 Å². The molecule has 0 radical (unpaired) electrons. The predicted molar refractivity (Wildman–Crippen MR) is 45.3 cm³/mol. The van der Waals surface area contributed by atoms with Gasteiger partial charge in [0.15, 0.2) is 4.33 Å². The third-order valence-electron chi connectivity index (χ3n) is 1.56. The summed E-state index contributed by atoms with van der Waals surface area (Å²) < 4.78 is -0.763. The van der Waals surface area contributed by atoms with Crippen LogP contribution in [0.25, 0.3) is 0 Å². The molecular formula is C8H10Cl2. The van der Waals surface area contributed by atoms with Crippen LogP contribution in [0, 0.1) is 11.8 Å². The maximum Gasteiger partial charge on any atom is 0.177 e. The fourth-order valence-corrected chi connectivity index (χ4v) is 1.39. The Morgan fingerprint density at radius 1 is 1.10 bits per heavy atom. The van der Waals surface area contributed by atoms with Gasteiger partial charge in [-0.1, -0.05) is 35.5 Å². The minimum atomic E-state index is -0.763. The molecule has 0 unspecified atom stereocenters. The molecule has 0 spiro atoms. The SMILES string of the molecule is ClC1(Cl)C#CCCCCC1. The molecule has 1 aliphatic rings. The lowest BCUT2D eigenvalue weighted by Crippen LogP contribution is -2.09. The molecule has 1 aliphatic carbocycles. The first kappa shape index (κ1) is 8.24. The maximum atomic E-state index is 5.84. The molecule has 2 heteroatoms. The summed E-state index contributed by atoms with van der Waals surface area (Å²) in [6, 6.07) is 0. The average molecular weight is 177 g/mol. The van der Waals surface area contributed by atoms with Crippen molar-refractivity contribution in [1.82, 2.24) is 0 Å². The summed E-state index contributed by atoms with van der Waals surface area (Å²) in [5.41, 5.74) is 0. The second-order valence-electron chi connectivity index (χ2n) is 2.57. The molecule has 0 nitrogen and oxygen atoms in total. The smallest absolute Gasteiger partial charge is 0.100 e. The minimum Gasteiger partial charge on any atom is -0.100 e. The van der Waals surface area contributed by atoms with E-state index in [-0.39, 0.29) is 0 Å². The molecule has 0 amide bonds. The van der Waals surface area contributed by atoms with E-state index in [1.807, 2.05) is 0 Å². The van der Waals surface area contributed by atoms with Crippen molar-refractivity contribution in [2.75, 3.05) is 0 Å². The molecule has 0 N–H and O–H groups in total. The van der Waals surface area contributed by atoms with Crippen LogP contribution < -0.4 is 0 Å². The van der Waals surface area contributed by atoms with E-state index in [9.17, 15) is 0 Å². The summed E-state index contributed by atoms with van der Waals surface area (Å²) >= 11 is 11.7. The van der Waals surface area contributed by atoms with E-state index < -0.39 is 4.33 Å². The first-order valence-corrected chi connectivity index (χ1v) is 4.34. The molecule has 0 aromatic heterocycles. The number of hydrogen-bond acceptors (Lipinski definition) is 0. The normalized spacial score (nSPS) is 23.8. The molecule has 0 bridgehead atoms. The number of rotatable bonds is 0. The van der Waals surface area contributed by atoms with Crippen molar-refractivity contribution < 1.29 is 0 Å². The van der Waals surface area contributed by atoms with Crippen LogP contribution in [0.1, 0.15) is 32.1 Å². The highest BCUT2D eigenvalue weighted by Gasteiger charge is 2.20. The molecule has 1 rings (SSSR count). The fourth-order valence-electron chi connectivity index (χ4n) is 0.991. The summed E-state index contributed by atoms with van der Waals surface area (Å²) in [7, 11) is 0. The second-order valence-corrected chi connectivity index (χ2v) is 4.05. The van der Waals surface area contributed by atoms with E-state index in [1.165, 1.54) is 12.8 Å². The van der Waals surface area contributed by atoms with E-state index in [0.717, 1.165) is 19.3 Å². The summed E-state index contributed by atoms with van der Waals surface area (Å²) in [5, 5.41) is 0. The van der Waals surface area contributed by atoms with Gasteiger partial charge in [-0.15, -0.1) is 5.92 Å². The molecule has 0 saturated carbocycles. The first-order chi connectivity index (χ1) is 4.71. The summed E-state index contributed by atoms with van der Waals surface area (Å²) in [4.78, 5) is 0. The average Bonchev–Trinajstić information content (AvgIpc) is 1.81. The molecule has 0 saturated heterocycles. The molecule has 0 aliphatic heterocycles. The molecule has 56 valence electrons. The van der Waals surface area contributed by atoms with E-state index in [1.54, 1.807) is 0 Å².